The summed E-state index contributed by atoms with van der Waals surface area (Å²) >= 11 is 0. The van der Waals surface area contributed by atoms with E-state index in [0.717, 1.165) is 25.3 Å². The zero-order valence-corrected chi connectivity index (χ0v) is 15.1. The third-order valence-electron chi connectivity index (χ3n) is 4.92. The predicted molar refractivity (Wildman–Crippen MR) is 104 cm³/mol. The van der Waals surface area contributed by atoms with Gasteiger partial charge in [0, 0.05) is 44.0 Å². The summed E-state index contributed by atoms with van der Waals surface area (Å²) in [5.74, 6) is -0.0324. The van der Waals surface area contributed by atoms with Crippen molar-refractivity contribution in [2.24, 2.45) is 0 Å². The summed E-state index contributed by atoms with van der Waals surface area (Å²) in [6.45, 7) is 4.69. The maximum absolute atomic E-state index is 11.1. The van der Waals surface area contributed by atoms with Gasteiger partial charge in [0.2, 0.25) is 5.91 Å². The smallest absolute Gasteiger partial charge is 0.221 e. The van der Waals surface area contributed by atoms with Crippen LogP contribution >= 0.6 is 0 Å². The second kappa shape index (κ2) is 8.17. The van der Waals surface area contributed by atoms with E-state index in [2.05, 4.69) is 64.6 Å². The molecule has 1 amide bonds. The van der Waals surface area contributed by atoms with E-state index in [1.54, 1.807) is 0 Å². The zero-order chi connectivity index (χ0) is 17.6. The molecule has 0 bridgehead atoms. The zero-order valence-electron chi connectivity index (χ0n) is 15.1. The Kier molecular flexibility index (Phi) is 5.71. The fourth-order valence-electron chi connectivity index (χ4n) is 3.52. The van der Waals surface area contributed by atoms with Crippen LogP contribution in [0.15, 0.2) is 54.6 Å². The standard InChI is InChI=1S/C21H27N3O/c1-17(25)22-19-8-10-21(11-9-19)24-14-12-20(13-15-24)23(2)16-18-6-4-3-5-7-18/h3-11,20H,12-16H2,1-2H3,(H,22,25). The minimum Gasteiger partial charge on any atom is -0.371 e. The van der Waals surface area contributed by atoms with E-state index >= 15 is 0 Å². The molecule has 1 fully saturated rings. The van der Waals surface area contributed by atoms with Crippen molar-refractivity contribution >= 4 is 17.3 Å². The summed E-state index contributed by atoms with van der Waals surface area (Å²) in [6, 6.07) is 19.5. The van der Waals surface area contributed by atoms with E-state index in [0.29, 0.717) is 6.04 Å². The number of carbonyl (C=O) groups is 1. The van der Waals surface area contributed by atoms with Crippen molar-refractivity contribution in [3.05, 3.63) is 60.2 Å². The number of amides is 1. The lowest BCUT2D eigenvalue weighted by Crippen LogP contribution is -2.43. The number of rotatable bonds is 5. The van der Waals surface area contributed by atoms with Crippen LogP contribution in [0.1, 0.15) is 25.3 Å². The van der Waals surface area contributed by atoms with Crippen LogP contribution in [0.2, 0.25) is 0 Å². The Morgan fingerprint density at radius 1 is 1.08 bits per heavy atom. The summed E-state index contributed by atoms with van der Waals surface area (Å²) in [7, 11) is 2.23. The molecular formula is C21H27N3O. The lowest BCUT2D eigenvalue weighted by Gasteiger charge is -2.38. The molecule has 1 aliphatic rings. The molecule has 25 heavy (non-hydrogen) atoms. The maximum Gasteiger partial charge on any atom is 0.221 e. The molecule has 0 saturated carbocycles. The summed E-state index contributed by atoms with van der Waals surface area (Å²) < 4.78 is 0. The number of nitrogens with one attached hydrogen (secondary N) is 1. The third-order valence-corrected chi connectivity index (χ3v) is 4.92. The SMILES string of the molecule is CC(=O)Nc1ccc(N2CCC(N(C)Cc3ccccc3)CC2)cc1. The topological polar surface area (TPSA) is 35.6 Å². The number of nitrogens with zero attached hydrogens (tertiary/aromatic N) is 2. The fraction of sp³-hybridized carbons (Fsp3) is 0.381. The van der Waals surface area contributed by atoms with Crippen molar-refractivity contribution in [2.45, 2.75) is 32.4 Å². The molecule has 1 saturated heterocycles. The number of benzene rings is 2. The van der Waals surface area contributed by atoms with Crippen molar-refractivity contribution in [3.8, 4) is 0 Å². The Balaban J connectivity index is 1.52. The molecule has 0 aliphatic carbocycles. The molecule has 2 aromatic rings. The van der Waals surface area contributed by atoms with E-state index in [1.807, 2.05) is 12.1 Å². The van der Waals surface area contributed by atoms with Gasteiger partial charge < -0.3 is 10.2 Å². The van der Waals surface area contributed by atoms with Crippen LogP contribution in [0.4, 0.5) is 11.4 Å². The fourth-order valence-corrected chi connectivity index (χ4v) is 3.52. The minimum atomic E-state index is -0.0324. The van der Waals surface area contributed by atoms with E-state index in [4.69, 9.17) is 0 Å². The molecule has 3 rings (SSSR count). The van der Waals surface area contributed by atoms with Crippen molar-refractivity contribution in [1.29, 1.82) is 0 Å². The highest BCUT2D eigenvalue weighted by Gasteiger charge is 2.22. The Bertz CT molecular complexity index is 676. The molecule has 4 nitrogen and oxygen atoms in total. The van der Waals surface area contributed by atoms with Gasteiger partial charge in [-0.15, -0.1) is 0 Å². The summed E-state index contributed by atoms with van der Waals surface area (Å²) in [4.78, 5) is 16.0. The molecular weight excluding hydrogens is 310 g/mol. The van der Waals surface area contributed by atoms with Crippen LogP contribution < -0.4 is 10.2 Å². The summed E-state index contributed by atoms with van der Waals surface area (Å²) in [5.41, 5.74) is 3.47. The molecule has 4 heteroatoms. The van der Waals surface area contributed by atoms with E-state index in [-0.39, 0.29) is 5.91 Å². The molecule has 0 spiro atoms. The van der Waals surface area contributed by atoms with Gasteiger partial charge in [0.1, 0.15) is 0 Å². The normalized spacial score (nSPS) is 15.4. The Morgan fingerprint density at radius 2 is 1.72 bits per heavy atom. The average molecular weight is 337 g/mol. The van der Waals surface area contributed by atoms with Crippen LogP contribution in [-0.4, -0.2) is 37.0 Å². The molecule has 132 valence electrons. The van der Waals surface area contributed by atoms with Gasteiger partial charge in [-0.3, -0.25) is 9.69 Å². The number of hydrogen-bond donors (Lipinski definition) is 1. The van der Waals surface area contributed by atoms with Crippen molar-refractivity contribution < 1.29 is 4.79 Å². The highest BCUT2D eigenvalue weighted by atomic mass is 16.1. The third kappa shape index (κ3) is 4.83. The first-order valence-corrected chi connectivity index (χ1v) is 8.98. The lowest BCUT2D eigenvalue weighted by molar-refractivity contribution is -0.114. The average Bonchev–Trinajstić information content (AvgIpc) is 2.63. The van der Waals surface area contributed by atoms with Gasteiger partial charge >= 0.3 is 0 Å². The largest absolute Gasteiger partial charge is 0.371 e. The predicted octanol–water partition coefficient (Wildman–Crippen LogP) is 3.75. The van der Waals surface area contributed by atoms with Gasteiger partial charge in [0.05, 0.1) is 0 Å². The number of piperidine rings is 1. The van der Waals surface area contributed by atoms with Crippen LogP contribution in [0.3, 0.4) is 0 Å². The van der Waals surface area contributed by atoms with Gasteiger partial charge in [-0.05, 0) is 49.7 Å². The molecule has 1 aliphatic heterocycles. The van der Waals surface area contributed by atoms with Crippen LogP contribution in [0, 0.1) is 0 Å². The summed E-state index contributed by atoms with van der Waals surface area (Å²) in [6.07, 6.45) is 2.35. The monoisotopic (exact) mass is 337 g/mol. The molecule has 0 atom stereocenters. The van der Waals surface area contributed by atoms with Gasteiger partial charge in [-0.1, -0.05) is 30.3 Å². The van der Waals surface area contributed by atoms with Crippen LogP contribution in [0.25, 0.3) is 0 Å². The number of anilines is 2. The quantitative estimate of drug-likeness (QED) is 0.903. The van der Waals surface area contributed by atoms with Crippen molar-refractivity contribution in [1.82, 2.24) is 4.90 Å². The van der Waals surface area contributed by atoms with Gasteiger partial charge in [-0.2, -0.15) is 0 Å². The first kappa shape index (κ1) is 17.5. The van der Waals surface area contributed by atoms with Gasteiger partial charge in [0.25, 0.3) is 0 Å². The second-order valence-corrected chi connectivity index (χ2v) is 6.85. The first-order valence-electron chi connectivity index (χ1n) is 8.98. The van der Waals surface area contributed by atoms with E-state index < -0.39 is 0 Å². The molecule has 0 radical (unpaired) electrons. The van der Waals surface area contributed by atoms with Crippen LogP contribution in [0.5, 0.6) is 0 Å². The first-order chi connectivity index (χ1) is 12.1. The van der Waals surface area contributed by atoms with Crippen LogP contribution in [-0.2, 0) is 11.3 Å². The molecule has 0 aromatic heterocycles. The Labute approximate surface area is 150 Å². The number of carbonyl (C=O) groups excluding carboxylic acids is 1. The Hall–Kier alpha value is -2.33. The number of hydrogen-bond acceptors (Lipinski definition) is 3. The van der Waals surface area contributed by atoms with E-state index in [9.17, 15) is 4.79 Å². The molecule has 1 N–H and O–H groups in total. The molecule has 1 heterocycles. The lowest BCUT2D eigenvalue weighted by atomic mass is 10.0. The second-order valence-electron chi connectivity index (χ2n) is 6.85. The highest BCUT2D eigenvalue weighted by molar-refractivity contribution is 5.88. The maximum atomic E-state index is 11.1. The molecule has 0 unspecified atom stereocenters. The summed E-state index contributed by atoms with van der Waals surface area (Å²) in [5, 5.41) is 2.82. The Morgan fingerprint density at radius 3 is 2.32 bits per heavy atom. The van der Waals surface area contributed by atoms with Gasteiger partial charge in [0.15, 0.2) is 0 Å². The van der Waals surface area contributed by atoms with Crippen molar-refractivity contribution in [2.75, 3.05) is 30.4 Å². The van der Waals surface area contributed by atoms with Gasteiger partial charge in [-0.25, -0.2) is 0 Å². The highest BCUT2D eigenvalue weighted by Crippen LogP contribution is 2.24. The van der Waals surface area contributed by atoms with E-state index in [1.165, 1.54) is 31.0 Å². The van der Waals surface area contributed by atoms with Crippen molar-refractivity contribution in [3.63, 3.8) is 0 Å². The minimum absolute atomic E-state index is 0.0324. The molecule has 2 aromatic carbocycles.